The molecule has 139 valence electrons. The van der Waals surface area contributed by atoms with Gasteiger partial charge in [-0.15, -0.1) is 0 Å². The first-order chi connectivity index (χ1) is 9.43. The Balaban J connectivity index is -0.0000000876. The number of hydrogen-bond donors (Lipinski definition) is 0. The van der Waals surface area contributed by atoms with E-state index >= 15 is 0 Å². The summed E-state index contributed by atoms with van der Waals surface area (Å²) in [5.74, 6) is 0. The molecule has 1 radical (unpaired) electrons. The van der Waals surface area contributed by atoms with Gasteiger partial charge in [0.2, 0.25) is 0 Å². The van der Waals surface area contributed by atoms with Crippen molar-refractivity contribution in [3.63, 3.8) is 0 Å². The molecule has 0 bridgehead atoms. The second kappa shape index (κ2) is 20.1. The van der Waals surface area contributed by atoms with E-state index in [1.54, 1.807) is 12.4 Å². The average molecular weight is 398 g/mol. The van der Waals surface area contributed by atoms with Crippen molar-refractivity contribution in [2.75, 3.05) is 0 Å². The van der Waals surface area contributed by atoms with Crippen LogP contribution in [-0.2, 0) is 17.1 Å². The number of nitrogens with zero attached hydrogens (tertiary/aromatic N) is 4. The number of hydrogen-bond acceptors (Lipinski definition) is 8. The van der Waals surface area contributed by atoms with Gasteiger partial charge in [-0.05, 0) is 24.3 Å². The largest absolute Gasteiger partial charge is 2.00 e. The van der Waals surface area contributed by atoms with Crippen molar-refractivity contribution in [2.45, 2.75) is 0 Å². The predicted molar refractivity (Wildman–Crippen MR) is 79.0 cm³/mol. The summed E-state index contributed by atoms with van der Waals surface area (Å²) in [6, 6.07) is 11.6. The summed E-state index contributed by atoms with van der Waals surface area (Å²) >= 11 is 0. The van der Waals surface area contributed by atoms with Crippen molar-refractivity contribution in [1.29, 1.82) is 0 Å². The third-order valence-corrected chi connectivity index (χ3v) is 1.59. The van der Waals surface area contributed by atoms with Crippen LogP contribution >= 0.6 is 0 Å². The van der Waals surface area contributed by atoms with Crippen LogP contribution < -0.4 is 0 Å². The van der Waals surface area contributed by atoms with Gasteiger partial charge in [-0.25, -0.2) is 0 Å². The Morgan fingerprint density at radius 2 is 0.917 bits per heavy atom. The third-order valence-electron chi connectivity index (χ3n) is 1.59. The van der Waals surface area contributed by atoms with Crippen LogP contribution in [0.4, 0.5) is 0 Å². The minimum Gasteiger partial charge on any atom is -0.412 e. The predicted octanol–water partition coefficient (Wildman–Crippen LogP) is -0.811. The van der Waals surface area contributed by atoms with Crippen LogP contribution in [0.25, 0.3) is 11.4 Å². The van der Waals surface area contributed by atoms with E-state index in [9.17, 15) is 0 Å². The van der Waals surface area contributed by atoms with Gasteiger partial charge in [-0.2, -0.15) is 0 Å². The van der Waals surface area contributed by atoms with Gasteiger partial charge in [-0.1, -0.05) is 12.1 Å². The molecule has 0 aromatic carbocycles. The molecular weight excluding hydrogens is 384 g/mol. The van der Waals surface area contributed by atoms with Gasteiger partial charge < -0.3 is 47.1 Å². The summed E-state index contributed by atoms with van der Waals surface area (Å²) in [5.41, 5.74) is 1.83. The number of aromatic nitrogens is 2. The maximum absolute atomic E-state index is 8.25. The van der Waals surface area contributed by atoms with Crippen molar-refractivity contribution in [3.05, 3.63) is 79.4 Å². The van der Waals surface area contributed by atoms with Crippen LogP contribution in [-0.4, -0.2) is 36.6 Å². The van der Waals surface area contributed by atoms with E-state index in [0.29, 0.717) is 0 Å². The first-order valence-electron chi connectivity index (χ1n) is 4.89. The molecule has 13 nitrogen and oxygen atoms in total. The molecule has 6 N–H and O–H groups in total. The maximum atomic E-state index is 8.25. The summed E-state index contributed by atoms with van der Waals surface area (Å²) in [4.78, 5) is 24.9. The Kier molecular flexibility index (Phi) is 27.5. The Labute approximate surface area is 145 Å². The Morgan fingerprint density at radius 1 is 0.667 bits per heavy atom. The van der Waals surface area contributed by atoms with Crippen LogP contribution in [0.3, 0.4) is 0 Å². The van der Waals surface area contributed by atoms with Crippen molar-refractivity contribution in [2.24, 2.45) is 0 Å². The topological polar surface area (TPSA) is 253 Å². The standard InChI is InChI=1S/C10H8N2.Cu.2NO3.3H2O/c1-3-7-11-9(5-1)10-6-2-4-8-12-10;;2*2-1(3)4;;;/h1-8H;;;;3*1H2/q;+2;2*-1;;;. The third kappa shape index (κ3) is 21.4. The molecule has 0 aliphatic rings. The first kappa shape index (κ1) is 32.9. The molecule has 0 fully saturated rings. The molecule has 0 spiro atoms. The Bertz CT molecular complexity index is 475. The van der Waals surface area contributed by atoms with Crippen LogP contribution in [0, 0.1) is 30.6 Å². The minimum atomic E-state index is -1.75. The molecule has 2 aromatic heterocycles. The van der Waals surface area contributed by atoms with Crippen LogP contribution in [0.2, 0.25) is 0 Å². The van der Waals surface area contributed by atoms with Crippen LogP contribution in [0.15, 0.2) is 48.8 Å². The fourth-order valence-electron chi connectivity index (χ4n) is 1.03. The van der Waals surface area contributed by atoms with Gasteiger partial charge >= 0.3 is 17.1 Å². The Hall–Kier alpha value is -2.90. The van der Waals surface area contributed by atoms with Gasteiger partial charge in [0, 0.05) is 12.4 Å². The van der Waals surface area contributed by atoms with E-state index in [2.05, 4.69) is 9.97 Å². The van der Waals surface area contributed by atoms with Crippen molar-refractivity contribution >= 4 is 0 Å². The zero-order valence-electron chi connectivity index (χ0n) is 11.7. The van der Waals surface area contributed by atoms with Gasteiger partial charge in [0.25, 0.3) is 0 Å². The zero-order valence-corrected chi connectivity index (χ0v) is 12.6. The van der Waals surface area contributed by atoms with Crippen molar-refractivity contribution in [3.8, 4) is 11.4 Å². The van der Waals surface area contributed by atoms with Crippen LogP contribution in [0.5, 0.6) is 0 Å². The fraction of sp³-hybridized carbons (Fsp3) is 0. The molecule has 2 rings (SSSR count). The SMILES string of the molecule is O.O.O.O=[N+]([O-])[O-].O=[N+]([O-])[O-].[Cu+2].c1ccc(-c2ccccn2)nc1. The van der Waals surface area contributed by atoms with Gasteiger partial charge in [0.05, 0.1) is 21.6 Å². The molecule has 0 aliphatic heterocycles. The molecule has 0 amide bonds. The summed E-state index contributed by atoms with van der Waals surface area (Å²) in [7, 11) is 0. The second-order valence-electron chi connectivity index (χ2n) is 2.88. The summed E-state index contributed by atoms with van der Waals surface area (Å²) in [6.07, 6.45) is 3.54. The molecule has 0 aliphatic carbocycles. The molecule has 0 saturated carbocycles. The molecule has 14 heteroatoms. The van der Waals surface area contributed by atoms with E-state index in [0.717, 1.165) is 11.4 Å². The Morgan fingerprint density at radius 3 is 1.08 bits per heavy atom. The summed E-state index contributed by atoms with van der Waals surface area (Å²) < 4.78 is 0. The molecular formula is C10H14CuN4O9. The van der Waals surface area contributed by atoms with Crippen LogP contribution in [0.1, 0.15) is 0 Å². The second-order valence-corrected chi connectivity index (χ2v) is 2.88. The minimum absolute atomic E-state index is 0. The van der Waals surface area contributed by atoms with Crippen molar-refractivity contribution < 1.29 is 43.7 Å². The maximum Gasteiger partial charge on any atom is 2.00 e. The summed E-state index contributed by atoms with van der Waals surface area (Å²) in [5, 5.41) is 29.5. The normalized spacial score (nSPS) is 6.83. The smallest absolute Gasteiger partial charge is 0.412 e. The molecule has 24 heavy (non-hydrogen) atoms. The van der Waals surface area contributed by atoms with E-state index in [4.69, 9.17) is 30.6 Å². The van der Waals surface area contributed by atoms with Crippen molar-refractivity contribution in [1.82, 2.24) is 9.97 Å². The van der Waals surface area contributed by atoms with E-state index in [-0.39, 0.29) is 33.5 Å². The fourth-order valence-corrected chi connectivity index (χ4v) is 1.03. The molecule has 2 heterocycles. The number of rotatable bonds is 1. The average Bonchev–Trinajstić information content (AvgIpc) is 2.39. The molecule has 0 unspecified atom stereocenters. The van der Waals surface area contributed by atoms with E-state index in [1.165, 1.54) is 0 Å². The summed E-state index contributed by atoms with van der Waals surface area (Å²) in [6.45, 7) is 0. The zero-order chi connectivity index (χ0) is 15.4. The van der Waals surface area contributed by atoms with Gasteiger partial charge in [0.15, 0.2) is 0 Å². The monoisotopic (exact) mass is 397 g/mol. The van der Waals surface area contributed by atoms with E-state index < -0.39 is 10.2 Å². The number of pyridine rings is 2. The quantitative estimate of drug-likeness (QED) is 0.332. The van der Waals surface area contributed by atoms with Gasteiger partial charge in [0.1, 0.15) is 0 Å². The molecule has 0 saturated heterocycles. The van der Waals surface area contributed by atoms with E-state index in [1.807, 2.05) is 36.4 Å². The first-order valence-corrected chi connectivity index (χ1v) is 4.89. The molecule has 0 atom stereocenters. The van der Waals surface area contributed by atoms with Gasteiger partial charge in [-0.3, -0.25) is 9.97 Å². The molecule has 2 aromatic rings.